The van der Waals surface area contributed by atoms with Crippen LogP contribution in [0.15, 0.2) is 36.5 Å². The first kappa shape index (κ1) is 17.1. The SMILES string of the molecule is CC1(C)OC[C@H]([C@@H]2OC(C)(C)O[C@H]2c2ccn3c(n2)nc2ccccc23)O1. The van der Waals surface area contributed by atoms with Crippen LogP contribution >= 0.6 is 0 Å². The number of ether oxygens (including phenoxy) is 4. The number of nitrogens with zero attached hydrogens (tertiary/aromatic N) is 3. The summed E-state index contributed by atoms with van der Waals surface area (Å²) in [7, 11) is 0. The summed E-state index contributed by atoms with van der Waals surface area (Å²) in [6.07, 6.45) is 1.10. The summed E-state index contributed by atoms with van der Waals surface area (Å²) in [5.41, 5.74) is 2.72. The number of para-hydroxylation sites is 2. The molecule has 3 aromatic rings. The van der Waals surface area contributed by atoms with Crippen LogP contribution in [-0.4, -0.2) is 44.8 Å². The molecule has 2 fully saturated rings. The highest BCUT2D eigenvalue weighted by Gasteiger charge is 2.50. The Hall–Kier alpha value is -2.06. The topological polar surface area (TPSA) is 67.1 Å². The van der Waals surface area contributed by atoms with Gasteiger partial charge in [0.05, 0.1) is 23.3 Å². The molecule has 5 rings (SSSR count). The molecule has 2 saturated heterocycles. The van der Waals surface area contributed by atoms with Crippen molar-refractivity contribution in [3.05, 3.63) is 42.2 Å². The highest BCUT2D eigenvalue weighted by Crippen LogP contribution is 2.42. The monoisotopic (exact) mass is 369 g/mol. The zero-order chi connectivity index (χ0) is 18.8. The third-order valence-electron chi connectivity index (χ3n) is 5.02. The van der Waals surface area contributed by atoms with Gasteiger partial charge < -0.3 is 18.9 Å². The summed E-state index contributed by atoms with van der Waals surface area (Å²) in [5, 5.41) is 0. The molecule has 7 nitrogen and oxygen atoms in total. The smallest absolute Gasteiger partial charge is 0.235 e. The number of aromatic nitrogens is 3. The first-order chi connectivity index (χ1) is 12.8. The van der Waals surface area contributed by atoms with Crippen molar-refractivity contribution in [2.75, 3.05) is 6.61 Å². The molecule has 2 aliphatic heterocycles. The molecule has 4 heterocycles. The van der Waals surface area contributed by atoms with E-state index in [1.807, 2.05) is 68.6 Å². The lowest BCUT2D eigenvalue weighted by atomic mass is 10.1. The Morgan fingerprint density at radius 2 is 1.78 bits per heavy atom. The van der Waals surface area contributed by atoms with E-state index in [4.69, 9.17) is 23.9 Å². The summed E-state index contributed by atoms with van der Waals surface area (Å²) < 4.78 is 26.1. The zero-order valence-corrected chi connectivity index (χ0v) is 15.9. The molecular formula is C20H23N3O4. The second kappa shape index (κ2) is 5.72. The van der Waals surface area contributed by atoms with E-state index in [0.29, 0.717) is 12.4 Å². The van der Waals surface area contributed by atoms with Gasteiger partial charge in [-0.3, -0.25) is 4.40 Å². The van der Waals surface area contributed by atoms with Crippen molar-refractivity contribution in [1.29, 1.82) is 0 Å². The molecule has 0 unspecified atom stereocenters. The van der Waals surface area contributed by atoms with Crippen molar-refractivity contribution in [3.63, 3.8) is 0 Å². The molecule has 0 aliphatic carbocycles. The minimum absolute atomic E-state index is 0.219. The van der Waals surface area contributed by atoms with E-state index >= 15 is 0 Å². The average molecular weight is 369 g/mol. The molecule has 0 N–H and O–H groups in total. The van der Waals surface area contributed by atoms with Crippen LogP contribution in [0.3, 0.4) is 0 Å². The average Bonchev–Trinajstić information content (AvgIpc) is 3.26. The van der Waals surface area contributed by atoms with Crippen molar-refractivity contribution in [3.8, 4) is 0 Å². The van der Waals surface area contributed by atoms with E-state index in [1.54, 1.807) is 0 Å². The van der Waals surface area contributed by atoms with Crippen LogP contribution in [0.2, 0.25) is 0 Å². The van der Waals surface area contributed by atoms with Gasteiger partial charge in [0, 0.05) is 6.20 Å². The molecule has 1 aromatic carbocycles. The number of rotatable bonds is 2. The molecule has 7 heteroatoms. The molecule has 142 valence electrons. The predicted octanol–water partition coefficient (Wildman–Crippen LogP) is 3.23. The summed E-state index contributed by atoms with van der Waals surface area (Å²) >= 11 is 0. The second-order valence-electron chi connectivity index (χ2n) is 8.01. The zero-order valence-electron chi connectivity index (χ0n) is 15.9. The third-order valence-corrected chi connectivity index (χ3v) is 5.02. The van der Waals surface area contributed by atoms with Crippen LogP contribution < -0.4 is 0 Å². The van der Waals surface area contributed by atoms with Gasteiger partial charge in [-0.1, -0.05) is 12.1 Å². The summed E-state index contributed by atoms with van der Waals surface area (Å²) in [4.78, 5) is 9.40. The number of hydrogen-bond acceptors (Lipinski definition) is 6. The quantitative estimate of drug-likeness (QED) is 0.691. The van der Waals surface area contributed by atoms with Gasteiger partial charge in [-0.25, -0.2) is 9.97 Å². The molecule has 27 heavy (non-hydrogen) atoms. The number of imidazole rings is 1. The van der Waals surface area contributed by atoms with Gasteiger partial charge in [0.25, 0.3) is 0 Å². The molecule has 0 amide bonds. The van der Waals surface area contributed by atoms with Crippen molar-refractivity contribution in [1.82, 2.24) is 14.4 Å². The molecule has 0 bridgehead atoms. The van der Waals surface area contributed by atoms with Crippen molar-refractivity contribution in [2.24, 2.45) is 0 Å². The maximum absolute atomic E-state index is 6.19. The Bertz CT molecular complexity index is 1010. The largest absolute Gasteiger partial charge is 0.348 e. The van der Waals surface area contributed by atoms with Gasteiger partial charge in [-0.15, -0.1) is 0 Å². The fourth-order valence-electron chi connectivity index (χ4n) is 3.89. The summed E-state index contributed by atoms with van der Waals surface area (Å²) in [6, 6.07) is 9.95. The maximum Gasteiger partial charge on any atom is 0.235 e. The maximum atomic E-state index is 6.19. The van der Waals surface area contributed by atoms with Crippen LogP contribution in [0.1, 0.15) is 39.5 Å². The molecular weight excluding hydrogens is 346 g/mol. The Morgan fingerprint density at radius 3 is 2.56 bits per heavy atom. The van der Waals surface area contributed by atoms with E-state index < -0.39 is 11.6 Å². The minimum atomic E-state index is -0.723. The minimum Gasteiger partial charge on any atom is -0.348 e. The lowest BCUT2D eigenvalue weighted by Gasteiger charge is -2.23. The molecule has 2 aliphatic rings. The van der Waals surface area contributed by atoms with Crippen molar-refractivity contribution in [2.45, 2.75) is 57.6 Å². The van der Waals surface area contributed by atoms with Gasteiger partial charge >= 0.3 is 0 Å². The van der Waals surface area contributed by atoms with E-state index in [1.165, 1.54) is 0 Å². The van der Waals surface area contributed by atoms with E-state index in [-0.39, 0.29) is 18.3 Å². The fourth-order valence-corrected chi connectivity index (χ4v) is 3.89. The Labute approximate surface area is 157 Å². The molecule has 0 spiro atoms. The van der Waals surface area contributed by atoms with Crippen LogP contribution in [-0.2, 0) is 18.9 Å². The van der Waals surface area contributed by atoms with Crippen LogP contribution in [0.25, 0.3) is 16.8 Å². The molecule has 0 radical (unpaired) electrons. The van der Waals surface area contributed by atoms with Crippen LogP contribution in [0.5, 0.6) is 0 Å². The molecule has 2 aromatic heterocycles. The highest BCUT2D eigenvalue weighted by atomic mass is 16.8. The third kappa shape index (κ3) is 2.91. The number of benzene rings is 1. The van der Waals surface area contributed by atoms with Crippen molar-refractivity contribution >= 4 is 16.8 Å². The normalized spacial score (nSPS) is 29.7. The van der Waals surface area contributed by atoms with Gasteiger partial charge in [0.15, 0.2) is 11.6 Å². The van der Waals surface area contributed by atoms with Gasteiger partial charge in [-0.05, 0) is 45.9 Å². The Morgan fingerprint density at radius 1 is 0.963 bits per heavy atom. The lowest BCUT2D eigenvalue weighted by Crippen LogP contribution is -2.35. The van der Waals surface area contributed by atoms with Gasteiger partial charge in [0.1, 0.15) is 18.3 Å². The molecule has 3 atom stereocenters. The fraction of sp³-hybridized carbons (Fsp3) is 0.500. The Kier molecular flexibility index (Phi) is 3.61. The van der Waals surface area contributed by atoms with E-state index in [9.17, 15) is 0 Å². The first-order valence-corrected chi connectivity index (χ1v) is 9.23. The Balaban J connectivity index is 1.54. The molecule has 0 saturated carbocycles. The summed E-state index contributed by atoms with van der Waals surface area (Å²) in [6.45, 7) is 8.09. The van der Waals surface area contributed by atoms with Crippen LogP contribution in [0.4, 0.5) is 0 Å². The highest BCUT2D eigenvalue weighted by molar-refractivity contribution is 5.79. The second-order valence-corrected chi connectivity index (χ2v) is 8.01. The lowest BCUT2D eigenvalue weighted by molar-refractivity contribution is -0.174. The van der Waals surface area contributed by atoms with Crippen molar-refractivity contribution < 1.29 is 18.9 Å². The number of hydrogen-bond donors (Lipinski definition) is 0. The van der Waals surface area contributed by atoms with E-state index in [2.05, 4.69) is 4.98 Å². The predicted molar refractivity (Wildman–Crippen MR) is 98.2 cm³/mol. The first-order valence-electron chi connectivity index (χ1n) is 9.23. The van der Waals surface area contributed by atoms with Crippen LogP contribution in [0, 0.1) is 0 Å². The standard InChI is InChI=1S/C20H23N3O4/c1-19(2)24-11-15(25-19)17-16(26-20(3,4)27-17)13-9-10-23-14-8-6-5-7-12(14)21-18(23)22-13/h5-10,15-17H,11H2,1-4H3/t15-,16+,17+/m1/s1. The van der Waals surface area contributed by atoms with Gasteiger partial charge in [-0.2, -0.15) is 0 Å². The van der Waals surface area contributed by atoms with E-state index in [0.717, 1.165) is 16.7 Å². The van der Waals surface area contributed by atoms with Gasteiger partial charge in [0.2, 0.25) is 5.78 Å². The summed E-state index contributed by atoms with van der Waals surface area (Å²) in [5.74, 6) is -0.701. The number of fused-ring (bicyclic) bond motifs is 3.